The molecule has 0 saturated carbocycles. The number of halogens is 1. The van der Waals surface area contributed by atoms with E-state index in [1.54, 1.807) is 6.07 Å². The van der Waals surface area contributed by atoms with Gasteiger partial charge in [-0.25, -0.2) is 4.39 Å². The third kappa shape index (κ3) is 1.70. The number of rotatable bonds is 1. The number of ether oxygens (including phenoxy) is 2. The molecule has 16 heavy (non-hydrogen) atoms. The zero-order valence-corrected chi connectivity index (χ0v) is 8.70. The van der Waals surface area contributed by atoms with E-state index in [9.17, 15) is 4.39 Å². The number of nitrogens with one attached hydrogen (secondary N) is 1. The molecule has 1 atom stereocenters. The second-order valence-corrected chi connectivity index (χ2v) is 3.89. The van der Waals surface area contributed by atoms with Crippen molar-refractivity contribution in [2.24, 2.45) is 0 Å². The van der Waals surface area contributed by atoms with Crippen LogP contribution in [0.4, 0.5) is 4.39 Å². The van der Waals surface area contributed by atoms with Crippen molar-refractivity contribution in [3.8, 4) is 0 Å². The predicted molar refractivity (Wildman–Crippen MR) is 57.8 cm³/mol. The van der Waals surface area contributed by atoms with E-state index in [0.717, 1.165) is 16.6 Å². The highest BCUT2D eigenvalue weighted by molar-refractivity contribution is 5.80. The Morgan fingerprint density at radius 1 is 1.25 bits per heavy atom. The topological polar surface area (TPSA) is 34.2 Å². The number of hydrogen-bond donors (Lipinski definition) is 1. The van der Waals surface area contributed by atoms with Crippen LogP contribution in [0.25, 0.3) is 10.9 Å². The molecule has 0 aliphatic carbocycles. The molecule has 0 amide bonds. The van der Waals surface area contributed by atoms with Crippen LogP contribution in [-0.2, 0) is 9.47 Å². The SMILES string of the molecule is Fc1ccc2cc(C3COCCO3)[nH]c2c1. The average molecular weight is 221 g/mol. The van der Waals surface area contributed by atoms with Gasteiger partial charge in [0.1, 0.15) is 11.9 Å². The summed E-state index contributed by atoms with van der Waals surface area (Å²) in [5, 5.41) is 0.991. The maximum Gasteiger partial charge on any atom is 0.125 e. The monoisotopic (exact) mass is 221 g/mol. The van der Waals surface area contributed by atoms with E-state index in [1.807, 2.05) is 6.07 Å². The molecule has 2 heterocycles. The Hall–Kier alpha value is -1.39. The van der Waals surface area contributed by atoms with Crippen LogP contribution in [0.2, 0.25) is 0 Å². The summed E-state index contributed by atoms with van der Waals surface area (Å²) in [4.78, 5) is 3.16. The molecule has 2 aromatic rings. The van der Waals surface area contributed by atoms with Crippen molar-refractivity contribution in [2.45, 2.75) is 6.10 Å². The first-order valence-corrected chi connectivity index (χ1v) is 5.30. The lowest BCUT2D eigenvalue weighted by molar-refractivity contribution is -0.0915. The Balaban J connectivity index is 1.97. The van der Waals surface area contributed by atoms with Gasteiger partial charge < -0.3 is 14.5 Å². The molecule has 84 valence electrons. The molecule has 0 bridgehead atoms. The minimum Gasteiger partial charge on any atom is -0.376 e. The van der Waals surface area contributed by atoms with Crippen LogP contribution in [0.15, 0.2) is 24.3 Å². The molecule has 0 radical (unpaired) electrons. The zero-order valence-electron chi connectivity index (χ0n) is 8.70. The molecule has 1 fully saturated rings. The van der Waals surface area contributed by atoms with Crippen LogP contribution < -0.4 is 0 Å². The van der Waals surface area contributed by atoms with Crippen LogP contribution in [0.1, 0.15) is 11.8 Å². The smallest absolute Gasteiger partial charge is 0.125 e. The molecule has 1 aromatic heterocycles. The lowest BCUT2D eigenvalue weighted by Gasteiger charge is -2.21. The molecule has 3 rings (SSSR count). The maximum absolute atomic E-state index is 13.0. The van der Waals surface area contributed by atoms with Crippen molar-refractivity contribution in [1.82, 2.24) is 4.98 Å². The molecular weight excluding hydrogens is 209 g/mol. The fourth-order valence-electron chi connectivity index (χ4n) is 1.96. The van der Waals surface area contributed by atoms with Crippen molar-refractivity contribution in [2.75, 3.05) is 19.8 Å². The van der Waals surface area contributed by atoms with E-state index in [1.165, 1.54) is 12.1 Å². The lowest BCUT2D eigenvalue weighted by atomic mass is 10.2. The van der Waals surface area contributed by atoms with Crippen molar-refractivity contribution in [1.29, 1.82) is 0 Å². The van der Waals surface area contributed by atoms with Gasteiger partial charge in [0.05, 0.1) is 19.8 Å². The van der Waals surface area contributed by atoms with Gasteiger partial charge in [0.25, 0.3) is 0 Å². The normalized spacial score (nSPS) is 21.4. The molecule has 1 saturated heterocycles. The van der Waals surface area contributed by atoms with E-state index in [2.05, 4.69) is 4.98 Å². The maximum atomic E-state index is 13.0. The van der Waals surface area contributed by atoms with Gasteiger partial charge in [0.15, 0.2) is 0 Å². The van der Waals surface area contributed by atoms with E-state index < -0.39 is 0 Å². The largest absolute Gasteiger partial charge is 0.376 e. The molecule has 4 heteroatoms. The van der Waals surface area contributed by atoms with Crippen molar-refractivity contribution >= 4 is 10.9 Å². The third-order valence-corrected chi connectivity index (χ3v) is 2.77. The molecule has 1 unspecified atom stereocenters. The molecular formula is C12H12FNO2. The second-order valence-electron chi connectivity index (χ2n) is 3.89. The van der Waals surface area contributed by atoms with E-state index in [4.69, 9.17) is 9.47 Å². The Morgan fingerprint density at radius 2 is 2.19 bits per heavy atom. The number of benzene rings is 1. The Kier molecular flexibility index (Phi) is 2.38. The number of H-pyrrole nitrogens is 1. The van der Waals surface area contributed by atoms with Crippen molar-refractivity contribution in [3.63, 3.8) is 0 Å². The van der Waals surface area contributed by atoms with Crippen LogP contribution in [-0.4, -0.2) is 24.8 Å². The molecule has 1 aromatic carbocycles. The highest BCUT2D eigenvalue weighted by atomic mass is 19.1. The summed E-state index contributed by atoms with van der Waals surface area (Å²) in [7, 11) is 0. The van der Waals surface area contributed by atoms with Crippen molar-refractivity contribution in [3.05, 3.63) is 35.8 Å². The van der Waals surface area contributed by atoms with Gasteiger partial charge >= 0.3 is 0 Å². The van der Waals surface area contributed by atoms with Gasteiger partial charge in [0, 0.05) is 11.2 Å². The van der Waals surface area contributed by atoms with Crippen LogP contribution in [0, 0.1) is 5.82 Å². The first-order chi connectivity index (χ1) is 7.83. The predicted octanol–water partition coefficient (Wildman–Crippen LogP) is 2.39. The van der Waals surface area contributed by atoms with Crippen LogP contribution in [0.3, 0.4) is 0 Å². The lowest BCUT2D eigenvalue weighted by Crippen LogP contribution is -2.22. The minimum atomic E-state index is -0.235. The second kappa shape index (κ2) is 3.88. The quantitative estimate of drug-likeness (QED) is 0.802. The van der Waals surface area contributed by atoms with Gasteiger partial charge in [-0.2, -0.15) is 0 Å². The van der Waals surface area contributed by atoms with E-state index >= 15 is 0 Å². The first kappa shape index (κ1) is 9.81. The zero-order chi connectivity index (χ0) is 11.0. The molecule has 3 nitrogen and oxygen atoms in total. The number of aromatic nitrogens is 1. The van der Waals surface area contributed by atoms with E-state index in [0.29, 0.717) is 19.8 Å². The summed E-state index contributed by atoms with van der Waals surface area (Å²) in [6.07, 6.45) is -0.0655. The first-order valence-electron chi connectivity index (χ1n) is 5.30. The summed E-state index contributed by atoms with van der Waals surface area (Å²) in [5.74, 6) is -0.235. The Bertz CT molecular complexity index is 503. The molecule has 1 N–H and O–H groups in total. The fourth-order valence-corrected chi connectivity index (χ4v) is 1.96. The van der Waals surface area contributed by atoms with Gasteiger partial charge in [0.2, 0.25) is 0 Å². The van der Waals surface area contributed by atoms with Crippen LogP contribution >= 0.6 is 0 Å². The summed E-state index contributed by atoms with van der Waals surface area (Å²) >= 11 is 0. The van der Waals surface area contributed by atoms with E-state index in [-0.39, 0.29) is 11.9 Å². The summed E-state index contributed by atoms with van der Waals surface area (Å²) in [5.41, 5.74) is 1.74. The van der Waals surface area contributed by atoms with Gasteiger partial charge in [-0.1, -0.05) is 0 Å². The van der Waals surface area contributed by atoms with Crippen LogP contribution in [0.5, 0.6) is 0 Å². The molecule has 1 aliphatic heterocycles. The molecule has 1 aliphatic rings. The Labute approximate surface area is 92.2 Å². The van der Waals surface area contributed by atoms with Gasteiger partial charge in [-0.15, -0.1) is 0 Å². The standard InChI is InChI=1S/C12H12FNO2/c13-9-2-1-8-5-11(14-10(8)6-9)12-7-15-3-4-16-12/h1-2,5-6,12,14H,3-4,7H2. The van der Waals surface area contributed by atoms with Gasteiger partial charge in [-0.05, 0) is 29.7 Å². The number of hydrogen-bond acceptors (Lipinski definition) is 2. The van der Waals surface area contributed by atoms with Crippen molar-refractivity contribution < 1.29 is 13.9 Å². The highest BCUT2D eigenvalue weighted by Gasteiger charge is 2.18. The summed E-state index contributed by atoms with van der Waals surface area (Å²) < 4.78 is 23.9. The Morgan fingerprint density at radius 3 is 3.00 bits per heavy atom. The number of fused-ring (bicyclic) bond motifs is 1. The minimum absolute atomic E-state index is 0.0655. The molecule has 0 spiro atoms. The third-order valence-electron chi connectivity index (χ3n) is 2.77. The summed E-state index contributed by atoms with van der Waals surface area (Å²) in [6, 6.07) is 6.68. The summed E-state index contributed by atoms with van der Waals surface area (Å²) in [6.45, 7) is 1.80. The highest BCUT2D eigenvalue weighted by Crippen LogP contribution is 2.24. The van der Waals surface area contributed by atoms with Gasteiger partial charge in [-0.3, -0.25) is 0 Å². The average Bonchev–Trinajstić information content (AvgIpc) is 2.73. The number of aromatic amines is 1. The fraction of sp³-hybridized carbons (Fsp3) is 0.333.